The lowest BCUT2D eigenvalue weighted by Gasteiger charge is -2.07. The minimum atomic E-state index is -0.423. The minimum Gasteiger partial charge on any atom is -0.436 e. The molecular formula is C14H14BrFN2O. The SMILES string of the molecule is CCNCc1ccc(Oc2ccc(Br)cc2F)nc1. The van der Waals surface area contributed by atoms with Crippen LogP contribution in [0.1, 0.15) is 12.5 Å². The third-order valence-electron chi connectivity index (χ3n) is 2.49. The average Bonchev–Trinajstić information content (AvgIpc) is 2.41. The molecule has 19 heavy (non-hydrogen) atoms. The molecule has 0 aliphatic carbocycles. The van der Waals surface area contributed by atoms with Crippen LogP contribution in [-0.4, -0.2) is 11.5 Å². The van der Waals surface area contributed by atoms with Gasteiger partial charge in [0.15, 0.2) is 11.6 Å². The Hall–Kier alpha value is -1.46. The second-order valence-corrected chi connectivity index (χ2v) is 4.88. The van der Waals surface area contributed by atoms with Gasteiger partial charge in [0.05, 0.1) is 0 Å². The van der Waals surface area contributed by atoms with E-state index in [0.717, 1.165) is 18.7 Å². The third kappa shape index (κ3) is 4.01. The highest BCUT2D eigenvalue weighted by Crippen LogP contribution is 2.25. The van der Waals surface area contributed by atoms with Gasteiger partial charge in [-0.1, -0.05) is 28.9 Å². The third-order valence-corrected chi connectivity index (χ3v) is 2.98. The zero-order chi connectivity index (χ0) is 13.7. The smallest absolute Gasteiger partial charge is 0.219 e. The minimum absolute atomic E-state index is 0.162. The van der Waals surface area contributed by atoms with Crippen LogP contribution in [0.5, 0.6) is 11.6 Å². The van der Waals surface area contributed by atoms with Gasteiger partial charge in [0.1, 0.15) is 0 Å². The molecule has 100 valence electrons. The van der Waals surface area contributed by atoms with E-state index in [2.05, 4.69) is 26.2 Å². The predicted molar refractivity (Wildman–Crippen MR) is 75.8 cm³/mol. The molecule has 0 saturated carbocycles. The van der Waals surface area contributed by atoms with E-state index in [-0.39, 0.29) is 5.75 Å². The number of nitrogens with one attached hydrogen (secondary N) is 1. The van der Waals surface area contributed by atoms with Crippen molar-refractivity contribution < 1.29 is 9.13 Å². The van der Waals surface area contributed by atoms with Crippen molar-refractivity contribution in [2.75, 3.05) is 6.54 Å². The lowest BCUT2D eigenvalue weighted by atomic mass is 10.3. The van der Waals surface area contributed by atoms with E-state index in [4.69, 9.17) is 4.74 Å². The first kappa shape index (κ1) is 14.0. The second kappa shape index (κ2) is 6.63. The number of halogens is 2. The van der Waals surface area contributed by atoms with Gasteiger partial charge < -0.3 is 10.1 Å². The molecule has 1 aromatic heterocycles. The Morgan fingerprint density at radius 2 is 2.16 bits per heavy atom. The number of benzene rings is 1. The molecule has 1 aromatic carbocycles. The summed E-state index contributed by atoms with van der Waals surface area (Å²) in [5, 5.41) is 3.20. The summed E-state index contributed by atoms with van der Waals surface area (Å²) in [7, 11) is 0. The Labute approximate surface area is 119 Å². The lowest BCUT2D eigenvalue weighted by molar-refractivity contribution is 0.427. The first-order valence-electron chi connectivity index (χ1n) is 5.97. The van der Waals surface area contributed by atoms with Gasteiger partial charge in [0, 0.05) is 23.3 Å². The summed E-state index contributed by atoms with van der Waals surface area (Å²) >= 11 is 3.20. The monoisotopic (exact) mass is 324 g/mol. The largest absolute Gasteiger partial charge is 0.436 e. The van der Waals surface area contributed by atoms with Gasteiger partial charge in [-0.05, 0) is 30.3 Å². The summed E-state index contributed by atoms with van der Waals surface area (Å²) in [4.78, 5) is 4.15. The van der Waals surface area contributed by atoms with Gasteiger partial charge in [-0.3, -0.25) is 0 Å². The van der Waals surface area contributed by atoms with E-state index in [1.54, 1.807) is 24.4 Å². The lowest BCUT2D eigenvalue weighted by Crippen LogP contribution is -2.11. The Balaban J connectivity index is 2.06. The zero-order valence-electron chi connectivity index (χ0n) is 10.5. The van der Waals surface area contributed by atoms with Crippen molar-refractivity contribution in [1.29, 1.82) is 0 Å². The highest BCUT2D eigenvalue weighted by Gasteiger charge is 2.06. The summed E-state index contributed by atoms with van der Waals surface area (Å²) in [6, 6.07) is 8.27. The molecular weight excluding hydrogens is 311 g/mol. The number of pyridine rings is 1. The summed E-state index contributed by atoms with van der Waals surface area (Å²) in [5.41, 5.74) is 1.06. The number of rotatable bonds is 5. The maximum atomic E-state index is 13.6. The summed E-state index contributed by atoms with van der Waals surface area (Å²) in [6.07, 6.45) is 1.72. The number of ether oxygens (including phenoxy) is 1. The first-order valence-corrected chi connectivity index (χ1v) is 6.77. The topological polar surface area (TPSA) is 34.1 Å². The van der Waals surface area contributed by atoms with E-state index < -0.39 is 5.82 Å². The molecule has 3 nitrogen and oxygen atoms in total. The van der Waals surface area contributed by atoms with Crippen LogP contribution in [0.2, 0.25) is 0 Å². The maximum absolute atomic E-state index is 13.6. The molecule has 0 saturated heterocycles. The average molecular weight is 325 g/mol. The van der Waals surface area contributed by atoms with E-state index in [9.17, 15) is 4.39 Å². The van der Waals surface area contributed by atoms with Crippen molar-refractivity contribution in [1.82, 2.24) is 10.3 Å². The predicted octanol–water partition coefficient (Wildman–Crippen LogP) is 3.89. The van der Waals surface area contributed by atoms with E-state index in [0.29, 0.717) is 10.4 Å². The Bertz CT molecular complexity index is 546. The van der Waals surface area contributed by atoms with Crippen LogP contribution in [0, 0.1) is 5.82 Å². The first-order chi connectivity index (χ1) is 9.19. The van der Waals surface area contributed by atoms with Crippen molar-refractivity contribution in [3.63, 3.8) is 0 Å². The van der Waals surface area contributed by atoms with Crippen molar-refractivity contribution in [2.45, 2.75) is 13.5 Å². The van der Waals surface area contributed by atoms with Gasteiger partial charge in [-0.25, -0.2) is 9.37 Å². The molecule has 0 spiro atoms. The fraction of sp³-hybridized carbons (Fsp3) is 0.214. The van der Waals surface area contributed by atoms with Gasteiger partial charge in [0.25, 0.3) is 0 Å². The van der Waals surface area contributed by atoms with Gasteiger partial charge in [-0.15, -0.1) is 0 Å². The fourth-order valence-electron chi connectivity index (χ4n) is 1.52. The molecule has 1 heterocycles. The van der Waals surface area contributed by atoms with Crippen molar-refractivity contribution in [2.24, 2.45) is 0 Å². The normalized spacial score (nSPS) is 10.5. The second-order valence-electron chi connectivity index (χ2n) is 3.96. The van der Waals surface area contributed by atoms with Crippen LogP contribution in [0.4, 0.5) is 4.39 Å². The fourth-order valence-corrected chi connectivity index (χ4v) is 1.85. The molecule has 5 heteroatoms. The Kier molecular flexibility index (Phi) is 4.87. The van der Waals surface area contributed by atoms with Crippen LogP contribution in [-0.2, 0) is 6.54 Å². The molecule has 0 bridgehead atoms. The van der Waals surface area contributed by atoms with Gasteiger partial charge >= 0.3 is 0 Å². The molecule has 1 N–H and O–H groups in total. The van der Waals surface area contributed by atoms with E-state index in [1.807, 2.05) is 13.0 Å². The molecule has 2 rings (SSSR count). The van der Waals surface area contributed by atoms with Crippen LogP contribution >= 0.6 is 15.9 Å². The molecule has 0 aliphatic rings. The van der Waals surface area contributed by atoms with Crippen molar-refractivity contribution in [3.05, 3.63) is 52.4 Å². The number of hydrogen-bond donors (Lipinski definition) is 1. The zero-order valence-corrected chi connectivity index (χ0v) is 12.1. The molecule has 0 fully saturated rings. The standard InChI is InChI=1S/C14H14BrFN2O/c1-2-17-8-10-3-6-14(18-9-10)19-13-5-4-11(15)7-12(13)16/h3-7,9,17H,2,8H2,1H3. The van der Waals surface area contributed by atoms with Crippen LogP contribution in [0.15, 0.2) is 41.0 Å². The summed E-state index contributed by atoms with van der Waals surface area (Å²) < 4.78 is 19.7. The van der Waals surface area contributed by atoms with Crippen molar-refractivity contribution >= 4 is 15.9 Å². The number of aromatic nitrogens is 1. The number of nitrogens with zero attached hydrogens (tertiary/aromatic N) is 1. The molecule has 0 unspecified atom stereocenters. The molecule has 0 atom stereocenters. The van der Waals surface area contributed by atoms with Crippen LogP contribution in [0.3, 0.4) is 0 Å². The van der Waals surface area contributed by atoms with Gasteiger partial charge in [-0.2, -0.15) is 0 Å². The maximum Gasteiger partial charge on any atom is 0.219 e. The summed E-state index contributed by atoms with van der Waals surface area (Å²) in [6.45, 7) is 3.71. The number of hydrogen-bond acceptors (Lipinski definition) is 3. The Morgan fingerprint density at radius 1 is 1.32 bits per heavy atom. The molecule has 0 radical (unpaired) electrons. The van der Waals surface area contributed by atoms with Crippen molar-refractivity contribution in [3.8, 4) is 11.6 Å². The van der Waals surface area contributed by atoms with Crippen LogP contribution < -0.4 is 10.1 Å². The van der Waals surface area contributed by atoms with E-state index in [1.165, 1.54) is 6.07 Å². The highest BCUT2D eigenvalue weighted by atomic mass is 79.9. The molecule has 2 aromatic rings. The molecule has 0 amide bonds. The summed E-state index contributed by atoms with van der Waals surface area (Å²) in [5.74, 6) is 0.115. The Morgan fingerprint density at radius 3 is 2.79 bits per heavy atom. The highest BCUT2D eigenvalue weighted by molar-refractivity contribution is 9.10. The van der Waals surface area contributed by atoms with Gasteiger partial charge in [0.2, 0.25) is 5.88 Å². The quantitative estimate of drug-likeness (QED) is 0.906. The van der Waals surface area contributed by atoms with Crippen LogP contribution in [0.25, 0.3) is 0 Å². The molecule has 0 aliphatic heterocycles. The van der Waals surface area contributed by atoms with E-state index >= 15 is 0 Å².